The minimum atomic E-state index is -4.67. The zero-order valence-electron chi connectivity index (χ0n) is 15.4. The summed E-state index contributed by atoms with van der Waals surface area (Å²) in [5, 5.41) is 17.2. The number of nitrogens with zero attached hydrogens (tertiary/aromatic N) is 2. The first-order valence-corrected chi connectivity index (χ1v) is 8.43. The van der Waals surface area contributed by atoms with Gasteiger partial charge in [-0.1, -0.05) is 18.2 Å². The number of hydrazone groups is 1. The molecule has 9 heteroatoms. The highest BCUT2D eigenvalue weighted by molar-refractivity contribution is 6.02. The molecular weight excluding hydrogens is 387 g/mol. The Morgan fingerprint density at radius 3 is 2.41 bits per heavy atom. The highest BCUT2D eigenvalue weighted by atomic mass is 19.4. The monoisotopic (exact) mass is 403 g/mol. The summed E-state index contributed by atoms with van der Waals surface area (Å²) in [5.74, 6) is 0.729. The molecule has 0 atom stereocenters. The summed E-state index contributed by atoms with van der Waals surface area (Å²) >= 11 is 0. The van der Waals surface area contributed by atoms with Gasteiger partial charge in [0, 0.05) is 6.07 Å². The number of nitro groups is 1. The third-order valence-electron chi connectivity index (χ3n) is 4.33. The minimum absolute atomic E-state index is 0.132. The number of nitrogens with one attached hydrogen (secondary N) is 1. The zero-order chi connectivity index (χ0) is 21.2. The SMILES string of the molecule is COc1ccc2cc(/C(C)=N/Nc3ccc(C(F)(F)F)cc3[N+](=O)[O-])ccc2c1. The van der Waals surface area contributed by atoms with E-state index in [2.05, 4.69) is 10.5 Å². The molecule has 6 nitrogen and oxygen atoms in total. The smallest absolute Gasteiger partial charge is 0.416 e. The Morgan fingerprint density at radius 2 is 1.76 bits per heavy atom. The summed E-state index contributed by atoms with van der Waals surface area (Å²) in [4.78, 5) is 10.3. The Hall–Kier alpha value is -3.62. The maximum absolute atomic E-state index is 12.8. The lowest BCUT2D eigenvalue weighted by molar-refractivity contribution is -0.384. The maximum Gasteiger partial charge on any atom is 0.416 e. The van der Waals surface area contributed by atoms with Crippen molar-refractivity contribution in [2.75, 3.05) is 12.5 Å². The number of benzene rings is 3. The lowest BCUT2D eigenvalue weighted by atomic mass is 10.0. The standard InChI is InChI=1S/C20H16F3N3O3/c1-12(13-3-4-15-10-17(29-2)7-5-14(15)9-13)24-25-18-8-6-16(20(21,22)23)11-19(18)26(27)28/h3-11,25H,1-2H3/b24-12+. The van der Waals surface area contributed by atoms with Gasteiger partial charge < -0.3 is 4.74 Å². The van der Waals surface area contributed by atoms with Gasteiger partial charge in [0.05, 0.1) is 23.3 Å². The van der Waals surface area contributed by atoms with Crippen molar-refractivity contribution < 1.29 is 22.8 Å². The van der Waals surface area contributed by atoms with Crippen molar-refractivity contribution in [1.82, 2.24) is 0 Å². The quantitative estimate of drug-likeness (QED) is 0.341. The first kappa shape index (κ1) is 20.1. The van der Waals surface area contributed by atoms with Crippen LogP contribution in [0.15, 0.2) is 59.7 Å². The molecule has 3 aromatic carbocycles. The molecule has 150 valence electrons. The molecule has 0 saturated heterocycles. The van der Waals surface area contributed by atoms with Crippen LogP contribution in [0.3, 0.4) is 0 Å². The number of ether oxygens (including phenoxy) is 1. The normalized spacial score (nSPS) is 12.1. The molecule has 3 aromatic rings. The van der Waals surface area contributed by atoms with Crippen LogP contribution >= 0.6 is 0 Å². The van der Waals surface area contributed by atoms with Crippen molar-refractivity contribution in [3.8, 4) is 5.75 Å². The molecule has 0 heterocycles. The molecule has 0 spiro atoms. The second-order valence-corrected chi connectivity index (χ2v) is 6.22. The molecule has 0 radical (unpaired) electrons. The molecule has 0 bridgehead atoms. The Balaban J connectivity index is 1.89. The fourth-order valence-corrected chi connectivity index (χ4v) is 2.74. The number of anilines is 1. The molecule has 0 fully saturated rings. The summed E-state index contributed by atoms with van der Waals surface area (Å²) in [6.07, 6.45) is -4.67. The number of halogens is 3. The van der Waals surface area contributed by atoms with Crippen LogP contribution in [0.4, 0.5) is 24.5 Å². The molecule has 0 amide bonds. The van der Waals surface area contributed by atoms with E-state index in [1.807, 2.05) is 36.4 Å². The van der Waals surface area contributed by atoms with Gasteiger partial charge in [0.15, 0.2) is 0 Å². The first-order valence-electron chi connectivity index (χ1n) is 8.43. The Bertz CT molecular complexity index is 1110. The summed E-state index contributed by atoms with van der Waals surface area (Å²) in [6, 6.07) is 13.4. The second-order valence-electron chi connectivity index (χ2n) is 6.22. The van der Waals surface area contributed by atoms with E-state index >= 15 is 0 Å². The van der Waals surface area contributed by atoms with Crippen molar-refractivity contribution in [1.29, 1.82) is 0 Å². The van der Waals surface area contributed by atoms with Crippen molar-refractivity contribution in [2.45, 2.75) is 13.1 Å². The third-order valence-corrected chi connectivity index (χ3v) is 4.33. The van der Waals surface area contributed by atoms with Crippen molar-refractivity contribution in [2.24, 2.45) is 5.10 Å². The van der Waals surface area contributed by atoms with E-state index in [4.69, 9.17) is 4.74 Å². The largest absolute Gasteiger partial charge is 0.497 e. The highest BCUT2D eigenvalue weighted by Gasteiger charge is 2.33. The van der Waals surface area contributed by atoms with Gasteiger partial charge in [-0.3, -0.25) is 15.5 Å². The number of rotatable bonds is 5. The van der Waals surface area contributed by atoms with Gasteiger partial charge in [0.25, 0.3) is 5.69 Å². The maximum atomic E-state index is 12.8. The Morgan fingerprint density at radius 1 is 1.07 bits per heavy atom. The minimum Gasteiger partial charge on any atom is -0.497 e. The van der Waals surface area contributed by atoms with E-state index in [-0.39, 0.29) is 5.69 Å². The number of fused-ring (bicyclic) bond motifs is 1. The van der Waals surface area contributed by atoms with Crippen LogP contribution in [0.25, 0.3) is 10.8 Å². The van der Waals surface area contributed by atoms with E-state index in [0.29, 0.717) is 11.8 Å². The summed E-state index contributed by atoms with van der Waals surface area (Å²) in [7, 11) is 1.58. The van der Waals surface area contributed by atoms with Crippen LogP contribution in [0.1, 0.15) is 18.1 Å². The summed E-state index contributed by atoms with van der Waals surface area (Å²) in [6.45, 7) is 1.69. The van der Waals surface area contributed by atoms with Gasteiger partial charge in [-0.15, -0.1) is 0 Å². The lowest BCUT2D eigenvalue weighted by Crippen LogP contribution is -2.07. The third kappa shape index (κ3) is 4.45. The molecule has 3 rings (SSSR count). The van der Waals surface area contributed by atoms with E-state index in [1.165, 1.54) is 0 Å². The molecule has 1 N–H and O–H groups in total. The van der Waals surface area contributed by atoms with Crippen molar-refractivity contribution in [3.63, 3.8) is 0 Å². The molecule has 29 heavy (non-hydrogen) atoms. The molecule has 0 aromatic heterocycles. The topological polar surface area (TPSA) is 76.8 Å². The number of alkyl halides is 3. The molecule has 0 unspecified atom stereocenters. The molecule has 0 aliphatic carbocycles. The van der Waals surface area contributed by atoms with Gasteiger partial charge in [-0.2, -0.15) is 18.3 Å². The Kier molecular flexibility index (Phi) is 5.40. The van der Waals surface area contributed by atoms with Crippen LogP contribution in [-0.4, -0.2) is 17.7 Å². The van der Waals surface area contributed by atoms with E-state index in [9.17, 15) is 23.3 Å². The predicted octanol–water partition coefficient (Wildman–Crippen LogP) is 5.61. The molecule has 0 aliphatic rings. The van der Waals surface area contributed by atoms with E-state index in [0.717, 1.165) is 34.2 Å². The number of methoxy groups -OCH3 is 1. The second kappa shape index (κ2) is 7.78. The average molecular weight is 403 g/mol. The van der Waals surface area contributed by atoms with E-state index in [1.54, 1.807) is 14.0 Å². The number of hydrogen-bond donors (Lipinski definition) is 1. The Labute approximate surface area is 163 Å². The van der Waals surface area contributed by atoms with Crippen molar-refractivity contribution >= 4 is 27.9 Å². The number of hydrogen-bond acceptors (Lipinski definition) is 5. The highest BCUT2D eigenvalue weighted by Crippen LogP contribution is 2.35. The van der Waals surface area contributed by atoms with Crippen LogP contribution in [0.2, 0.25) is 0 Å². The zero-order valence-corrected chi connectivity index (χ0v) is 15.4. The van der Waals surface area contributed by atoms with Crippen LogP contribution in [-0.2, 0) is 6.18 Å². The van der Waals surface area contributed by atoms with Gasteiger partial charge in [-0.25, -0.2) is 0 Å². The van der Waals surface area contributed by atoms with Gasteiger partial charge in [-0.05, 0) is 53.6 Å². The number of nitro benzene ring substituents is 1. The van der Waals surface area contributed by atoms with Crippen LogP contribution < -0.4 is 10.2 Å². The van der Waals surface area contributed by atoms with Gasteiger partial charge in [0.1, 0.15) is 11.4 Å². The van der Waals surface area contributed by atoms with Crippen molar-refractivity contribution in [3.05, 3.63) is 75.8 Å². The van der Waals surface area contributed by atoms with E-state index < -0.39 is 22.4 Å². The van der Waals surface area contributed by atoms with Gasteiger partial charge in [0.2, 0.25) is 0 Å². The average Bonchev–Trinajstić information content (AvgIpc) is 2.70. The van der Waals surface area contributed by atoms with Crippen LogP contribution in [0, 0.1) is 10.1 Å². The predicted molar refractivity (Wildman–Crippen MR) is 104 cm³/mol. The molecule has 0 saturated carbocycles. The fraction of sp³-hybridized carbons (Fsp3) is 0.150. The fourth-order valence-electron chi connectivity index (χ4n) is 2.74. The van der Waals surface area contributed by atoms with Gasteiger partial charge >= 0.3 is 6.18 Å². The lowest BCUT2D eigenvalue weighted by Gasteiger charge is -2.09. The molecule has 0 aliphatic heterocycles. The molecular formula is C20H16F3N3O3. The van der Waals surface area contributed by atoms with Crippen LogP contribution in [0.5, 0.6) is 5.75 Å². The summed E-state index contributed by atoms with van der Waals surface area (Å²) < 4.78 is 43.6. The first-order chi connectivity index (χ1) is 13.7. The summed E-state index contributed by atoms with van der Waals surface area (Å²) in [5.41, 5.74) is 1.83.